The van der Waals surface area contributed by atoms with Crippen molar-refractivity contribution in [1.29, 1.82) is 0 Å². The van der Waals surface area contributed by atoms with Crippen LogP contribution in [0.25, 0.3) is 21.8 Å². The highest BCUT2D eigenvalue weighted by molar-refractivity contribution is 7.92. The number of sulfonamides is 1. The minimum Gasteiger partial charge on any atom is -0.381 e. The summed E-state index contributed by atoms with van der Waals surface area (Å²) < 4.78 is 63.1. The molecule has 0 bridgehead atoms. The summed E-state index contributed by atoms with van der Waals surface area (Å²) in [6, 6.07) is 3.70. The Balaban J connectivity index is 1.85. The number of thiazole rings is 1. The summed E-state index contributed by atoms with van der Waals surface area (Å²) in [6.07, 6.45) is 5.31. The molecule has 7 nitrogen and oxygen atoms in total. The van der Waals surface area contributed by atoms with Crippen molar-refractivity contribution in [3.63, 3.8) is 0 Å². The van der Waals surface area contributed by atoms with Crippen LogP contribution in [0, 0.1) is 11.6 Å². The maximum Gasteiger partial charge on any atom is 0.232 e. The second kappa shape index (κ2) is 11.2. The largest absolute Gasteiger partial charge is 0.381 e. The van der Waals surface area contributed by atoms with Crippen LogP contribution in [0.15, 0.2) is 24.4 Å². The zero-order valence-corrected chi connectivity index (χ0v) is 21.4. The topological polar surface area (TPSA) is 94.1 Å². The summed E-state index contributed by atoms with van der Waals surface area (Å²) in [4.78, 5) is 13.2. The molecule has 0 saturated carbocycles. The van der Waals surface area contributed by atoms with Gasteiger partial charge in [-0.15, -0.1) is 11.3 Å². The molecule has 4 rings (SSSR count). The predicted molar refractivity (Wildman–Crippen MR) is 133 cm³/mol. The van der Waals surface area contributed by atoms with Crippen molar-refractivity contribution in [3.8, 4) is 21.8 Å². The highest BCUT2D eigenvalue weighted by atomic mass is 35.5. The van der Waals surface area contributed by atoms with E-state index in [2.05, 4.69) is 19.7 Å². The Morgan fingerprint density at radius 1 is 1.17 bits per heavy atom. The van der Waals surface area contributed by atoms with Gasteiger partial charge in [0, 0.05) is 25.3 Å². The first-order valence-corrected chi connectivity index (χ1v) is 14.2. The highest BCUT2D eigenvalue weighted by Crippen LogP contribution is 2.43. The van der Waals surface area contributed by atoms with E-state index in [1.807, 2.05) is 0 Å². The lowest BCUT2D eigenvalue weighted by Crippen LogP contribution is -2.17. The van der Waals surface area contributed by atoms with Gasteiger partial charge < -0.3 is 4.74 Å². The molecule has 188 valence electrons. The van der Waals surface area contributed by atoms with Gasteiger partial charge in [-0.25, -0.2) is 32.2 Å². The fraction of sp³-hybridized carbons (Fsp3) is 0.435. The Bertz CT molecular complexity index is 1300. The monoisotopic (exact) mass is 542 g/mol. The molecular formula is C23H25ClF2N4O3S2. The fourth-order valence-corrected chi connectivity index (χ4v) is 6.46. The smallest absolute Gasteiger partial charge is 0.232 e. The van der Waals surface area contributed by atoms with Crippen LogP contribution in [0.2, 0.25) is 5.28 Å². The van der Waals surface area contributed by atoms with E-state index in [0.29, 0.717) is 28.6 Å². The van der Waals surface area contributed by atoms with Crippen molar-refractivity contribution in [2.24, 2.45) is 0 Å². The zero-order chi connectivity index (χ0) is 25.0. The van der Waals surface area contributed by atoms with Gasteiger partial charge >= 0.3 is 0 Å². The molecule has 1 atom stereocenters. The number of benzene rings is 1. The Hall–Kier alpha value is -2.21. The number of hydrogen-bond donors (Lipinski definition) is 1. The van der Waals surface area contributed by atoms with Crippen molar-refractivity contribution in [3.05, 3.63) is 46.3 Å². The number of ether oxygens (including phenoxy) is 1. The molecule has 1 fully saturated rings. The van der Waals surface area contributed by atoms with Crippen LogP contribution in [0.5, 0.6) is 0 Å². The maximum absolute atomic E-state index is 15.7. The second-order valence-electron chi connectivity index (χ2n) is 8.24. The van der Waals surface area contributed by atoms with Gasteiger partial charge in [0.2, 0.25) is 15.3 Å². The fourth-order valence-electron chi connectivity index (χ4n) is 3.97. The van der Waals surface area contributed by atoms with E-state index < -0.39 is 27.2 Å². The molecule has 0 amide bonds. The minimum atomic E-state index is -3.79. The average molecular weight is 543 g/mol. The van der Waals surface area contributed by atoms with Gasteiger partial charge in [-0.05, 0) is 55.5 Å². The molecule has 1 saturated heterocycles. The van der Waals surface area contributed by atoms with E-state index in [4.69, 9.17) is 16.3 Å². The van der Waals surface area contributed by atoms with Crippen molar-refractivity contribution in [1.82, 2.24) is 15.0 Å². The van der Waals surface area contributed by atoms with Crippen molar-refractivity contribution in [2.45, 2.75) is 44.9 Å². The van der Waals surface area contributed by atoms with Gasteiger partial charge in [0.25, 0.3) is 0 Å². The Morgan fingerprint density at radius 2 is 2.00 bits per heavy atom. The molecule has 1 unspecified atom stereocenters. The Morgan fingerprint density at radius 3 is 2.77 bits per heavy atom. The van der Waals surface area contributed by atoms with Crippen LogP contribution in [0.4, 0.5) is 14.5 Å². The number of nitrogens with one attached hydrogen (secondary N) is 1. The number of halogens is 3. The van der Waals surface area contributed by atoms with Crippen LogP contribution in [-0.4, -0.2) is 42.3 Å². The number of nitrogens with zero attached hydrogens (tertiary/aromatic N) is 3. The molecule has 0 aliphatic carbocycles. The molecule has 1 aromatic carbocycles. The lowest BCUT2D eigenvalue weighted by atomic mass is 9.98. The molecule has 1 aliphatic heterocycles. The molecular weight excluding hydrogens is 518 g/mol. The molecule has 1 N–H and O–H groups in total. The number of hydrogen-bond acceptors (Lipinski definition) is 7. The molecule has 1 aliphatic rings. The van der Waals surface area contributed by atoms with E-state index in [9.17, 15) is 8.42 Å². The zero-order valence-electron chi connectivity index (χ0n) is 19.1. The van der Waals surface area contributed by atoms with E-state index in [0.717, 1.165) is 44.4 Å². The van der Waals surface area contributed by atoms with Crippen molar-refractivity contribution >= 4 is 38.6 Å². The molecule has 12 heteroatoms. The SMILES string of the molecule is CCCS(=O)(=O)Nc1ccc(F)c(-c2nc(C3CCCCOCC3)sc2-c2ccnc(Cl)n2)c1F. The summed E-state index contributed by atoms with van der Waals surface area (Å²) in [7, 11) is -3.79. The van der Waals surface area contributed by atoms with Crippen LogP contribution in [0.3, 0.4) is 0 Å². The summed E-state index contributed by atoms with van der Waals surface area (Å²) in [6.45, 7) is 2.99. The predicted octanol–water partition coefficient (Wildman–Crippen LogP) is 6.02. The second-order valence-corrected chi connectivity index (χ2v) is 11.4. The van der Waals surface area contributed by atoms with Crippen LogP contribution in [-0.2, 0) is 14.8 Å². The first kappa shape index (κ1) is 25.9. The molecule has 0 spiro atoms. The van der Waals surface area contributed by atoms with Crippen LogP contribution < -0.4 is 4.72 Å². The van der Waals surface area contributed by atoms with E-state index >= 15 is 8.78 Å². The first-order valence-electron chi connectivity index (χ1n) is 11.3. The highest BCUT2D eigenvalue weighted by Gasteiger charge is 2.28. The maximum atomic E-state index is 15.7. The lowest BCUT2D eigenvalue weighted by Gasteiger charge is -2.17. The van der Waals surface area contributed by atoms with E-state index in [1.54, 1.807) is 13.0 Å². The van der Waals surface area contributed by atoms with E-state index in [-0.39, 0.29) is 28.3 Å². The van der Waals surface area contributed by atoms with Gasteiger partial charge in [-0.2, -0.15) is 0 Å². The minimum absolute atomic E-state index is 0.00947. The average Bonchev–Trinajstić information content (AvgIpc) is 3.20. The molecule has 35 heavy (non-hydrogen) atoms. The third-order valence-corrected chi connectivity index (χ3v) is 8.52. The van der Waals surface area contributed by atoms with Gasteiger partial charge in [0.05, 0.1) is 38.3 Å². The summed E-state index contributed by atoms with van der Waals surface area (Å²) in [5, 5.41) is 0.704. The third kappa shape index (κ3) is 6.14. The molecule has 0 radical (unpaired) electrons. The van der Waals surface area contributed by atoms with Crippen molar-refractivity contribution < 1.29 is 21.9 Å². The van der Waals surface area contributed by atoms with Gasteiger partial charge in [-0.3, -0.25) is 4.72 Å². The summed E-state index contributed by atoms with van der Waals surface area (Å²) in [5.41, 5.74) is -0.331. The lowest BCUT2D eigenvalue weighted by molar-refractivity contribution is 0.111. The summed E-state index contributed by atoms with van der Waals surface area (Å²) >= 11 is 7.29. The Labute approximate surface area is 212 Å². The van der Waals surface area contributed by atoms with Gasteiger partial charge in [-0.1, -0.05) is 13.3 Å². The number of rotatable bonds is 7. The Kier molecular flexibility index (Phi) is 8.31. The number of aromatic nitrogens is 3. The molecule has 3 heterocycles. The van der Waals surface area contributed by atoms with Crippen molar-refractivity contribution in [2.75, 3.05) is 23.7 Å². The quantitative estimate of drug-likeness (QED) is 0.367. The van der Waals surface area contributed by atoms with Gasteiger partial charge in [0.1, 0.15) is 5.82 Å². The van der Waals surface area contributed by atoms with Crippen LogP contribution >= 0.6 is 22.9 Å². The normalized spacial score (nSPS) is 17.1. The summed E-state index contributed by atoms with van der Waals surface area (Å²) in [5.74, 6) is -2.03. The van der Waals surface area contributed by atoms with E-state index in [1.165, 1.54) is 17.5 Å². The molecule has 2 aromatic heterocycles. The molecule has 3 aromatic rings. The number of anilines is 1. The van der Waals surface area contributed by atoms with Gasteiger partial charge in [0.15, 0.2) is 5.82 Å². The van der Waals surface area contributed by atoms with Crippen LogP contribution in [0.1, 0.15) is 50.0 Å². The third-order valence-electron chi connectivity index (χ3n) is 5.62. The standard InChI is InChI=1S/C23H25ClF2N4O3S2/c1-2-13-35(31,32)30-16-7-6-15(25)18(19(16)26)20-21(17-8-10-27-23(24)28-17)34-22(29-20)14-5-3-4-11-33-12-9-14/h6-8,10,14,30H,2-5,9,11-13H2,1H3. The first-order chi connectivity index (χ1) is 16.8.